The average molecular weight is 303 g/mol. The smallest absolute Gasteiger partial charge is 0.129 e. The molecule has 0 aliphatic rings. The second-order valence-corrected chi connectivity index (χ2v) is 6.54. The zero-order valence-corrected chi connectivity index (χ0v) is 14.2. The standard InChI is InChI=1S/C18H25NOS/c1-5-6-19-17(18-11-16(20-4)12-21-18)10-15-8-13(2)7-14(3)9-15/h7-9,11-12,17,19H,5-6,10H2,1-4H3. The number of methoxy groups -OCH3 is 1. The van der Waals surface area contributed by atoms with Crippen molar-refractivity contribution in [3.05, 3.63) is 51.2 Å². The molecule has 0 fully saturated rings. The summed E-state index contributed by atoms with van der Waals surface area (Å²) in [4.78, 5) is 1.35. The Balaban J connectivity index is 2.19. The van der Waals surface area contributed by atoms with E-state index in [4.69, 9.17) is 4.74 Å². The highest BCUT2D eigenvalue weighted by atomic mass is 32.1. The van der Waals surface area contributed by atoms with Crippen LogP contribution in [-0.2, 0) is 6.42 Å². The number of hydrogen-bond acceptors (Lipinski definition) is 3. The van der Waals surface area contributed by atoms with Crippen molar-refractivity contribution >= 4 is 11.3 Å². The Morgan fingerprint density at radius 3 is 2.43 bits per heavy atom. The fourth-order valence-corrected chi connectivity index (χ4v) is 3.57. The molecule has 2 nitrogen and oxygen atoms in total. The van der Waals surface area contributed by atoms with Gasteiger partial charge in [0.2, 0.25) is 0 Å². The Kier molecular flexibility index (Phi) is 5.83. The minimum atomic E-state index is 0.361. The summed E-state index contributed by atoms with van der Waals surface area (Å²) in [5, 5.41) is 5.75. The van der Waals surface area contributed by atoms with Crippen LogP contribution in [0.3, 0.4) is 0 Å². The van der Waals surface area contributed by atoms with Crippen molar-refractivity contribution in [3.63, 3.8) is 0 Å². The molecule has 0 spiro atoms. The van der Waals surface area contributed by atoms with E-state index in [1.54, 1.807) is 18.4 Å². The molecule has 0 saturated heterocycles. The van der Waals surface area contributed by atoms with Crippen LogP contribution in [-0.4, -0.2) is 13.7 Å². The van der Waals surface area contributed by atoms with Gasteiger partial charge in [0.15, 0.2) is 0 Å². The molecule has 0 amide bonds. The van der Waals surface area contributed by atoms with E-state index < -0.39 is 0 Å². The Morgan fingerprint density at radius 1 is 1.14 bits per heavy atom. The highest BCUT2D eigenvalue weighted by Gasteiger charge is 2.14. The van der Waals surface area contributed by atoms with Gasteiger partial charge in [0.1, 0.15) is 5.75 Å². The fourth-order valence-electron chi connectivity index (χ4n) is 2.64. The number of nitrogens with one attached hydrogen (secondary N) is 1. The van der Waals surface area contributed by atoms with Gasteiger partial charge in [-0.2, -0.15) is 0 Å². The van der Waals surface area contributed by atoms with Gasteiger partial charge in [0, 0.05) is 16.3 Å². The van der Waals surface area contributed by atoms with E-state index in [1.807, 2.05) is 0 Å². The number of thiophene rings is 1. The van der Waals surface area contributed by atoms with E-state index in [0.29, 0.717) is 6.04 Å². The first kappa shape index (κ1) is 16.1. The number of rotatable bonds is 7. The van der Waals surface area contributed by atoms with E-state index in [2.05, 4.69) is 55.7 Å². The van der Waals surface area contributed by atoms with Crippen molar-refractivity contribution in [2.24, 2.45) is 0 Å². The fraction of sp³-hybridized carbons (Fsp3) is 0.444. The first-order chi connectivity index (χ1) is 10.1. The average Bonchev–Trinajstić information content (AvgIpc) is 2.91. The molecule has 1 aromatic carbocycles. The molecule has 0 bridgehead atoms. The van der Waals surface area contributed by atoms with Gasteiger partial charge in [-0.05, 0) is 44.9 Å². The van der Waals surface area contributed by atoms with Gasteiger partial charge in [-0.15, -0.1) is 11.3 Å². The minimum absolute atomic E-state index is 0.361. The summed E-state index contributed by atoms with van der Waals surface area (Å²) in [7, 11) is 1.73. The first-order valence-corrected chi connectivity index (χ1v) is 8.43. The summed E-state index contributed by atoms with van der Waals surface area (Å²) in [5.41, 5.74) is 4.07. The van der Waals surface area contributed by atoms with Crippen LogP contribution in [0.5, 0.6) is 5.75 Å². The lowest BCUT2D eigenvalue weighted by Crippen LogP contribution is -2.23. The maximum atomic E-state index is 5.32. The highest BCUT2D eigenvalue weighted by Crippen LogP contribution is 2.29. The van der Waals surface area contributed by atoms with Crippen molar-refractivity contribution in [1.29, 1.82) is 0 Å². The first-order valence-electron chi connectivity index (χ1n) is 7.55. The number of aryl methyl sites for hydroxylation is 2. The summed E-state index contributed by atoms with van der Waals surface area (Å²) < 4.78 is 5.32. The zero-order valence-electron chi connectivity index (χ0n) is 13.4. The van der Waals surface area contributed by atoms with Gasteiger partial charge in [0.05, 0.1) is 7.11 Å². The Labute approximate surface area is 132 Å². The Morgan fingerprint density at radius 2 is 1.86 bits per heavy atom. The van der Waals surface area contributed by atoms with E-state index in [1.165, 1.54) is 21.6 Å². The van der Waals surface area contributed by atoms with Crippen LogP contribution in [0.1, 0.15) is 41.0 Å². The molecular weight excluding hydrogens is 278 g/mol. The van der Waals surface area contributed by atoms with Crippen LogP contribution in [0.4, 0.5) is 0 Å². The van der Waals surface area contributed by atoms with Crippen molar-refractivity contribution in [1.82, 2.24) is 5.32 Å². The molecule has 114 valence electrons. The summed E-state index contributed by atoms with van der Waals surface area (Å²) in [6.45, 7) is 7.57. The summed E-state index contributed by atoms with van der Waals surface area (Å²) >= 11 is 1.77. The molecular formula is C18H25NOS. The van der Waals surface area contributed by atoms with Crippen molar-refractivity contribution in [3.8, 4) is 5.75 Å². The van der Waals surface area contributed by atoms with E-state index in [9.17, 15) is 0 Å². The molecule has 2 aromatic rings. The summed E-state index contributed by atoms with van der Waals surface area (Å²) in [6.07, 6.45) is 2.16. The second-order valence-electron chi connectivity index (χ2n) is 5.60. The topological polar surface area (TPSA) is 21.3 Å². The minimum Gasteiger partial charge on any atom is -0.496 e. The molecule has 21 heavy (non-hydrogen) atoms. The second kappa shape index (κ2) is 7.62. The monoisotopic (exact) mass is 303 g/mol. The predicted molar refractivity (Wildman–Crippen MR) is 91.5 cm³/mol. The molecule has 1 atom stereocenters. The van der Waals surface area contributed by atoms with Crippen LogP contribution < -0.4 is 10.1 Å². The van der Waals surface area contributed by atoms with Gasteiger partial charge in [-0.1, -0.05) is 36.2 Å². The molecule has 3 heteroatoms. The maximum Gasteiger partial charge on any atom is 0.129 e. The lowest BCUT2D eigenvalue weighted by molar-refractivity contribution is 0.415. The van der Waals surface area contributed by atoms with Crippen LogP contribution in [0.15, 0.2) is 29.6 Å². The number of ether oxygens (including phenoxy) is 1. The largest absolute Gasteiger partial charge is 0.496 e. The van der Waals surface area contributed by atoms with Gasteiger partial charge in [-0.25, -0.2) is 0 Å². The van der Waals surface area contributed by atoms with Gasteiger partial charge in [0.25, 0.3) is 0 Å². The van der Waals surface area contributed by atoms with Crippen LogP contribution in [0.25, 0.3) is 0 Å². The molecule has 1 N–H and O–H groups in total. The van der Waals surface area contributed by atoms with E-state index >= 15 is 0 Å². The molecule has 2 rings (SSSR count). The van der Waals surface area contributed by atoms with Crippen LogP contribution in [0.2, 0.25) is 0 Å². The van der Waals surface area contributed by atoms with Gasteiger partial charge < -0.3 is 10.1 Å². The maximum absolute atomic E-state index is 5.32. The van der Waals surface area contributed by atoms with E-state index in [-0.39, 0.29) is 0 Å². The molecule has 0 radical (unpaired) electrons. The molecule has 1 aromatic heterocycles. The summed E-state index contributed by atoms with van der Waals surface area (Å²) in [6, 6.07) is 9.32. The Hall–Kier alpha value is -1.32. The lowest BCUT2D eigenvalue weighted by atomic mass is 10.00. The molecule has 1 heterocycles. The molecule has 0 aliphatic carbocycles. The van der Waals surface area contributed by atoms with Crippen molar-refractivity contribution in [2.75, 3.05) is 13.7 Å². The third kappa shape index (κ3) is 4.58. The highest BCUT2D eigenvalue weighted by molar-refractivity contribution is 7.10. The zero-order chi connectivity index (χ0) is 15.2. The third-order valence-electron chi connectivity index (χ3n) is 3.54. The number of benzene rings is 1. The summed E-state index contributed by atoms with van der Waals surface area (Å²) in [5.74, 6) is 0.957. The van der Waals surface area contributed by atoms with Crippen molar-refractivity contribution in [2.45, 2.75) is 39.7 Å². The Bertz CT molecular complexity index is 556. The number of hydrogen-bond donors (Lipinski definition) is 1. The quantitative estimate of drug-likeness (QED) is 0.803. The molecule has 1 unspecified atom stereocenters. The molecule has 0 saturated carbocycles. The van der Waals surface area contributed by atoms with Gasteiger partial charge >= 0.3 is 0 Å². The molecule has 0 aliphatic heterocycles. The van der Waals surface area contributed by atoms with Crippen LogP contribution >= 0.6 is 11.3 Å². The van der Waals surface area contributed by atoms with Crippen LogP contribution in [0, 0.1) is 13.8 Å². The SMILES string of the molecule is CCCNC(Cc1cc(C)cc(C)c1)c1cc(OC)cs1. The normalized spacial score (nSPS) is 12.4. The van der Waals surface area contributed by atoms with E-state index in [0.717, 1.165) is 25.1 Å². The lowest BCUT2D eigenvalue weighted by Gasteiger charge is -2.18. The third-order valence-corrected chi connectivity index (χ3v) is 4.56. The van der Waals surface area contributed by atoms with Gasteiger partial charge in [-0.3, -0.25) is 0 Å². The van der Waals surface area contributed by atoms with Crippen molar-refractivity contribution < 1.29 is 4.74 Å². The predicted octanol–water partition coefficient (Wildman–Crippen LogP) is 4.66.